The van der Waals surface area contributed by atoms with E-state index in [0.717, 1.165) is 0 Å². The molecule has 10 heavy (non-hydrogen) atoms. The zero-order valence-electron chi connectivity index (χ0n) is 5.34. The summed E-state index contributed by atoms with van der Waals surface area (Å²) in [5.74, 6) is 0.516. The van der Waals surface area contributed by atoms with Crippen molar-refractivity contribution in [1.29, 1.82) is 0 Å². The van der Waals surface area contributed by atoms with Crippen molar-refractivity contribution in [3.8, 4) is 0 Å². The van der Waals surface area contributed by atoms with E-state index in [1.807, 2.05) is 0 Å². The second kappa shape index (κ2) is 3.37. The molecular formula is C6H7ClN3. The van der Waals surface area contributed by atoms with Gasteiger partial charge in [0, 0.05) is 12.7 Å². The lowest BCUT2D eigenvalue weighted by Gasteiger charge is -1.98. The molecule has 1 heterocycles. The molecule has 0 saturated carbocycles. The van der Waals surface area contributed by atoms with Gasteiger partial charge in [0.15, 0.2) is 0 Å². The first-order chi connectivity index (χ1) is 4.83. The Morgan fingerprint density at radius 1 is 1.70 bits per heavy atom. The third-order valence-corrected chi connectivity index (χ3v) is 1.12. The standard InChI is InChI=1S/C6H7ClN3/c1-2-8-6-9-4-3-5(7)10-6/h3-4H,1-2H2,(H,8,9,10). The second-order valence-electron chi connectivity index (χ2n) is 1.63. The second-order valence-corrected chi connectivity index (χ2v) is 2.02. The molecule has 0 aromatic carbocycles. The van der Waals surface area contributed by atoms with E-state index < -0.39 is 0 Å². The molecule has 0 aliphatic rings. The molecule has 0 amide bonds. The molecule has 1 N–H and O–H groups in total. The molecule has 1 aromatic rings. The highest BCUT2D eigenvalue weighted by Gasteiger charge is 1.92. The van der Waals surface area contributed by atoms with Gasteiger partial charge in [0.1, 0.15) is 5.15 Å². The minimum absolute atomic E-state index is 0.436. The van der Waals surface area contributed by atoms with Crippen molar-refractivity contribution < 1.29 is 0 Å². The summed E-state index contributed by atoms with van der Waals surface area (Å²) in [6.45, 7) is 4.13. The minimum atomic E-state index is 0.436. The molecule has 0 saturated heterocycles. The molecule has 0 atom stereocenters. The molecule has 0 spiro atoms. The summed E-state index contributed by atoms with van der Waals surface area (Å²) in [6.07, 6.45) is 1.59. The Morgan fingerprint density at radius 2 is 2.50 bits per heavy atom. The smallest absolute Gasteiger partial charge is 0.224 e. The molecule has 0 aliphatic carbocycles. The molecule has 4 heteroatoms. The number of hydrogen-bond acceptors (Lipinski definition) is 3. The fraction of sp³-hybridized carbons (Fsp3) is 0.167. The highest BCUT2D eigenvalue weighted by Crippen LogP contribution is 2.04. The summed E-state index contributed by atoms with van der Waals surface area (Å²) in [7, 11) is 0. The van der Waals surface area contributed by atoms with Gasteiger partial charge in [0.25, 0.3) is 0 Å². The van der Waals surface area contributed by atoms with Crippen LogP contribution in [0.25, 0.3) is 0 Å². The Balaban J connectivity index is 2.75. The van der Waals surface area contributed by atoms with Crippen molar-refractivity contribution in [3.05, 3.63) is 24.3 Å². The first-order valence-electron chi connectivity index (χ1n) is 2.84. The van der Waals surface area contributed by atoms with Crippen molar-refractivity contribution in [1.82, 2.24) is 9.97 Å². The maximum Gasteiger partial charge on any atom is 0.224 e. The van der Waals surface area contributed by atoms with Gasteiger partial charge in [0.2, 0.25) is 5.95 Å². The summed E-state index contributed by atoms with van der Waals surface area (Å²) in [4.78, 5) is 7.75. The van der Waals surface area contributed by atoms with Crippen LogP contribution >= 0.6 is 11.6 Å². The monoisotopic (exact) mass is 156 g/mol. The molecule has 1 radical (unpaired) electrons. The number of hydrogen-bond donors (Lipinski definition) is 1. The number of nitrogens with zero attached hydrogens (tertiary/aromatic N) is 2. The lowest BCUT2D eigenvalue weighted by atomic mass is 10.6. The van der Waals surface area contributed by atoms with Gasteiger partial charge in [-0.25, -0.2) is 9.97 Å². The van der Waals surface area contributed by atoms with Gasteiger partial charge in [-0.1, -0.05) is 11.6 Å². The van der Waals surface area contributed by atoms with E-state index in [2.05, 4.69) is 22.2 Å². The Hall–Kier alpha value is -0.830. The number of rotatable bonds is 2. The normalized spacial score (nSPS) is 9.40. The summed E-state index contributed by atoms with van der Waals surface area (Å²) < 4.78 is 0. The topological polar surface area (TPSA) is 37.8 Å². The molecule has 0 bridgehead atoms. The van der Waals surface area contributed by atoms with Crippen LogP contribution in [-0.4, -0.2) is 16.5 Å². The maximum atomic E-state index is 5.57. The lowest BCUT2D eigenvalue weighted by molar-refractivity contribution is 1.12. The van der Waals surface area contributed by atoms with E-state index in [0.29, 0.717) is 17.6 Å². The maximum absolute atomic E-state index is 5.57. The highest BCUT2D eigenvalue weighted by atomic mass is 35.5. The van der Waals surface area contributed by atoms with Gasteiger partial charge in [-0.2, -0.15) is 0 Å². The largest absolute Gasteiger partial charge is 0.354 e. The molecule has 3 nitrogen and oxygen atoms in total. The van der Waals surface area contributed by atoms with Crippen LogP contribution in [0.4, 0.5) is 5.95 Å². The van der Waals surface area contributed by atoms with E-state index in [1.165, 1.54) is 0 Å². The van der Waals surface area contributed by atoms with E-state index in [9.17, 15) is 0 Å². The van der Waals surface area contributed by atoms with Crippen molar-refractivity contribution in [3.63, 3.8) is 0 Å². The van der Waals surface area contributed by atoms with Crippen molar-refractivity contribution in [2.45, 2.75) is 0 Å². The molecule has 0 unspecified atom stereocenters. The summed E-state index contributed by atoms with van der Waals surface area (Å²) >= 11 is 5.57. The molecule has 0 fully saturated rings. The van der Waals surface area contributed by atoms with Crippen LogP contribution in [0.15, 0.2) is 12.3 Å². The number of aromatic nitrogens is 2. The lowest BCUT2D eigenvalue weighted by Crippen LogP contribution is -2.01. The van der Waals surface area contributed by atoms with Crippen LogP contribution in [-0.2, 0) is 0 Å². The van der Waals surface area contributed by atoms with Crippen LogP contribution < -0.4 is 5.32 Å². The van der Waals surface area contributed by atoms with Gasteiger partial charge in [-0.15, -0.1) is 0 Å². The van der Waals surface area contributed by atoms with Crippen molar-refractivity contribution >= 4 is 17.5 Å². The van der Waals surface area contributed by atoms with Crippen LogP contribution in [0.3, 0.4) is 0 Å². The molecular weight excluding hydrogens is 150 g/mol. The Labute approximate surface area is 64.5 Å². The average Bonchev–Trinajstić information content (AvgIpc) is 1.88. The number of nitrogens with one attached hydrogen (secondary N) is 1. The first kappa shape index (κ1) is 7.28. The minimum Gasteiger partial charge on any atom is -0.354 e. The van der Waals surface area contributed by atoms with E-state index in [1.54, 1.807) is 12.3 Å². The van der Waals surface area contributed by atoms with Crippen molar-refractivity contribution in [2.24, 2.45) is 0 Å². The van der Waals surface area contributed by atoms with Gasteiger partial charge in [0.05, 0.1) is 0 Å². The predicted octanol–water partition coefficient (Wildman–Crippen LogP) is 1.38. The van der Waals surface area contributed by atoms with Gasteiger partial charge < -0.3 is 5.32 Å². The third kappa shape index (κ3) is 1.84. The fourth-order valence-electron chi connectivity index (χ4n) is 0.534. The van der Waals surface area contributed by atoms with E-state index in [-0.39, 0.29) is 0 Å². The van der Waals surface area contributed by atoms with E-state index in [4.69, 9.17) is 11.6 Å². The summed E-state index contributed by atoms with van der Waals surface area (Å²) in [5.41, 5.74) is 0. The Bertz CT molecular complexity index is 214. The van der Waals surface area contributed by atoms with Crippen LogP contribution in [0.2, 0.25) is 5.15 Å². The molecule has 1 rings (SSSR count). The highest BCUT2D eigenvalue weighted by molar-refractivity contribution is 6.29. The van der Waals surface area contributed by atoms with E-state index >= 15 is 0 Å². The summed E-state index contributed by atoms with van der Waals surface area (Å²) in [5, 5.41) is 3.27. The Kier molecular flexibility index (Phi) is 2.45. The first-order valence-corrected chi connectivity index (χ1v) is 3.22. The number of halogens is 1. The van der Waals surface area contributed by atoms with Crippen LogP contribution in [0.5, 0.6) is 0 Å². The fourth-order valence-corrected chi connectivity index (χ4v) is 0.670. The SMILES string of the molecule is [CH2]CNc1nccc(Cl)n1. The quantitative estimate of drug-likeness (QED) is 0.658. The van der Waals surface area contributed by atoms with Gasteiger partial charge in [-0.05, 0) is 13.0 Å². The Morgan fingerprint density at radius 3 is 3.10 bits per heavy atom. The average molecular weight is 157 g/mol. The third-order valence-electron chi connectivity index (χ3n) is 0.905. The zero-order chi connectivity index (χ0) is 7.40. The van der Waals surface area contributed by atoms with Crippen LogP contribution in [0.1, 0.15) is 0 Å². The van der Waals surface area contributed by atoms with Crippen LogP contribution in [0, 0.1) is 6.92 Å². The van der Waals surface area contributed by atoms with Gasteiger partial charge in [-0.3, -0.25) is 0 Å². The predicted molar refractivity (Wildman–Crippen MR) is 40.9 cm³/mol. The number of anilines is 1. The summed E-state index contributed by atoms with van der Waals surface area (Å²) in [6, 6.07) is 1.62. The molecule has 1 aromatic heterocycles. The van der Waals surface area contributed by atoms with Crippen molar-refractivity contribution in [2.75, 3.05) is 11.9 Å². The molecule has 53 valence electrons. The van der Waals surface area contributed by atoms with Gasteiger partial charge >= 0.3 is 0 Å². The zero-order valence-corrected chi connectivity index (χ0v) is 6.10. The molecule has 0 aliphatic heterocycles.